The van der Waals surface area contributed by atoms with E-state index in [-0.39, 0.29) is 18.4 Å². The molecule has 0 bridgehead atoms. The second-order valence-corrected chi connectivity index (χ2v) is 4.60. The number of ketones is 1. The third-order valence-corrected chi connectivity index (χ3v) is 2.75. The predicted molar refractivity (Wildman–Crippen MR) is 66.4 cm³/mol. The molecule has 20 heavy (non-hydrogen) atoms. The third-order valence-electron chi connectivity index (χ3n) is 2.25. The molecule has 0 saturated heterocycles. The van der Waals surface area contributed by atoms with Gasteiger partial charge in [-0.15, -0.1) is 13.2 Å². The van der Waals surface area contributed by atoms with E-state index in [2.05, 4.69) is 25.4 Å². The predicted octanol–water partition coefficient (Wildman–Crippen LogP) is 3.48. The summed E-state index contributed by atoms with van der Waals surface area (Å²) in [6, 6.07) is 3.65. The highest BCUT2D eigenvalue weighted by Gasteiger charge is 2.33. The molecule has 0 saturated carbocycles. The van der Waals surface area contributed by atoms with Crippen molar-refractivity contribution in [3.63, 3.8) is 0 Å². The van der Waals surface area contributed by atoms with Gasteiger partial charge in [0.2, 0.25) is 0 Å². The average Bonchev–Trinajstić information content (AvgIpc) is 2.33. The number of methoxy groups -OCH3 is 1. The van der Waals surface area contributed by atoms with Crippen molar-refractivity contribution in [1.82, 2.24) is 0 Å². The van der Waals surface area contributed by atoms with Crippen LogP contribution in [0, 0.1) is 0 Å². The number of alkyl halides is 3. The summed E-state index contributed by atoms with van der Waals surface area (Å²) in [5, 5.41) is 0. The molecule has 0 N–H and O–H groups in total. The van der Waals surface area contributed by atoms with Gasteiger partial charge >= 0.3 is 12.3 Å². The molecule has 1 aromatic carbocycles. The number of rotatable bonds is 5. The molecular formula is C12H10BrF3O4. The molecule has 0 fully saturated rings. The van der Waals surface area contributed by atoms with Crippen molar-refractivity contribution in [2.45, 2.75) is 19.2 Å². The summed E-state index contributed by atoms with van der Waals surface area (Å²) >= 11 is 2.99. The van der Waals surface area contributed by atoms with Crippen molar-refractivity contribution in [2.75, 3.05) is 7.11 Å². The minimum Gasteiger partial charge on any atom is -0.469 e. The Hall–Kier alpha value is -1.57. The lowest BCUT2D eigenvalue weighted by molar-refractivity contribution is -0.274. The number of hydrogen-bond acceptors (Lipinski definition) is 4. The lowest BCUT2D eigenvalue weighted by Crippen LogP contribution is -2.19. The number of carbonyl (C=O) groups excluding carboxylic acids is 2. The van der Waals surface area contributed by atoms with Crippen LogP contribution in [0.25, 0.3) is 0 Å². The lowest BCUT2D eigenvalue weighted by atomic mass is 10.1. The van der Waals surface area contributed by atoms with Crippen LogP contribution in [0.2, 0.25) is 0 Å². The summed E-state index contributed by atoms with van der Waals surface area (Å²) in [6.07, 6.45) is -5.38. The maximum atomic E-state index is 12.3. The fourth-order valence-electron chi connectivity index (χ4n) is 1.39. The van der Waals surface area contributed by atoms with E-state index < -0.39 is 23.9 Å². The van der Waals surface area contributed by atoms with E-state index in [1.54, 1.807) is 0 Å². The first-order valence-electron chi connectivity index (χ1n) is 5.38. The summed E-state index contributed by atoms with van der Waals surface area (Å²) in [6.45, 7) is 0. The Kier molecular flexibility index (Phi) is 5.55. The minimum atomic E-state index is -4.90. The van der Waals surface area contributed by atoms with Crippen LogP contribution in [0.5, 0.6) is 5.75 Å². The van der Waals surface area contributed by atoms with Crippen LogP contribution in [-0.2, 0) is 9.53 Å². The zero-order valence-electron chi connectivity index (χ0n) is 10.3. The van der Waals surface area contributed by atoms with Gasteiger partial charge in [-0.05, 0) is 18.2 Å². The summed E-state index contributed by atoms with van der Waals surface area (Å²) < 4.78 is 45.3. The van der Waals surface area contributed by atoms with E-state index in [0.29, 0.717) is 4.47 Å². The molecule has 0 aromatic heterocycles. The molecule has 110 valence electrons. The van der Waals surface area contributed by atoms with Gasteiger partial charge in [0.05, 0.1) is 19.1 Å². The van der Waals surface area contributed by atoms with Gasteiger partial charge in [0, 0.05) is 10.9 Å². The van der Waals surface area contributed by atoms with Gasteiger partial charge in [0.1, 0.15) is 5.75 Å². The molecule has 0 aliphatic rings. The highest BCUT2D eigenvalue weighted by Crippen LogP contribution is 2.30. The van der Waals surface area contributed by atoms with Crippen LogP contribution in [0.4, 0.5) is 13.2 Å². The Balaban J connectivity index is 2.93. The van der Waals surface area contributed by atoms with Crippen molar-refractivity contribution in [2.24, 2.45) is 0 Å². The number of carbonyl (C=O) groups is 2. The molecular weight excluding hydrogens is 345 g/mol. The lowest BCUT2D eigenvalue weighted by Gasteiger charge is -2.13. The Labute approximate surface area is 121 Å². The van der Waals surface area contributed by atoms with Gasteiger partial charge in [0.25, 0.3) is 0 Å². The third kappa shape index (κ3) is 5.20. The maximum absolute atomic E-state index is 12.3. The number of Topliss-reactive ketones (excluding diaryl/α,β-unsaturated/α-hetero) is 1. The number of esters is 1. The summed E-state index contributed by atoms with van der Waals surface area (Å²) in [5.74, 6) is -1.86. The monoisotopic (exact) mass is 354 g/mol. The molecule has 1 aromatic rings. The molecule has 0 unspecified atom stereocenters. The second-order valence-electron chi connectivity index (χ2n) is 3.69. The maximum Gasteiger partial charge on any atom is 0.573 e. The van der Waals surface area contributed by atoms with Crippen LogP contribution >= 0.6 is 15.9 Å². The topological polar surface area (TPSA) is 52.6 Å². The van der Waals surface area contributed by atoms with Crippen LogP contribution < -0.4 is 4.74 Å². The van der Waals surface area contributed by atoms with Crippen LogP contribution in [0.15, 0.2) is 22.7 Å². The van der Waals surface area contributed by atoms with E-state index in [1.807, 2.05) is 0 Å². The fourth-order valence-corrected chi connectivity index (χ4v) is 1.73. The van der Waals surface area contributed by atoms with E-state index in [4.69, 9.17) is 0 Å². The number of benzene rings is 1. The molecule has 0 aliphatic carbocycles. The van der Waals surface area contributed by atoms with E-state index in [0.717, 1.165) is 13.2 Å². The van der Waals surface area contributed by atoms with E-state index >= 15 is 0 Å². The van der Waals surface area contributed by atoms with E-state index in [9.17, 15) is 22.8 Å². The first-order chi connectivity index (χ1) is 9.23. The second kappa shape index (κ2) is 6.74. The Bertz CT molecular complexity index is 514. The number of hydrogen-bond donors (Lipinski definition) is 0. The normalized spacial score (nSPS) is 11.1. The quantitative estimate of drug-likeness (QED) is 0.600. The standard InChI is InChI=1S/C12H10BrF3O4/c1-19-11(18)5-4-9(17)8-3-2-7(13)6-10(8)20-12(14,15)16/h2-3,6H,4-5H2,1H3. The SMILES string of the molecule is COC(=O)CCC(=O)c1ccc(Br)cc1OC(F)(F)F. The van der Waals surface area contributed by atoms with Gasteiger partial charge in [-0.2, -0.15) is 0 Å². The molecule has 0 spiro atoms. The summed E-state index contributed by atoms with van der Waals surface area (Å²) in [4.78, 5) is 22.7. The average molecular weight is 355 g/mol. The van der Waals surface area contributed by atoms with Gasteiger partial charge in [-0.3, -0.25) is 9.59 Å². The zero-order chi connectivity index (χ0) is 15.3. The zero-order valence-corrected chi connectivity index (χ0v) is 11.9. The van der Waals surface area contributed by atoms with Crippen LogP contribution in [-0.4, -0.2) is 25.2 Å². The first kappa shape index (κ1) is 16.5. The molecule has 8 heteroatoms. The molecule has 0 atom stereocenters. The molecule has 0 amide bonds. The van der Waals surface area contributed by atoms with Crippen LogP contribution in [0.1, 0.15) is 23.2 Å². The van der Waals surface area contributed by atoms with Crippen molar-refractivity contribution in [1.29, 1.82) is 0 Å². The molecule has 4 nitrogen and oxygen atoms in total. The number of halogens is 4. The Morgan fingerprint density at radius 1 is 1.25 bits per heavy atom. The van der Waals surface area contributed by atoms with Gasteiger partial charge in [0.15, 0.2) is 5.78 Å². The molecule has 0 aliphatic heterocycles. The Morgan fingerprint density at radius 2 is 1.90 bits per heavy atom. The minimum absolute atomic E-state index is 0.211. The van der Waals surface area contributed by atoms with Gasteiger partial charge in [-0.25, -0.2) is 0 Å². The molecule has 0 heterocycles. The molecule has 1 rings (SSSR count). The number of ether oxygens (including phenoxy) is 2. The van der Waals surface area contributed by atoms with Gasteiger partial charge < -0.3 is 9.47 Å². The fraction of sp³-hybridized carbons (Fsp3) is 0.333. The van der Waals surface area contributed by atoms with Crippen molar-refractivity contribution in [3.05, 3.63) is 28.2 Å². The molecule has 0 radical (unpaired) electrons. The smallest absolute Gasteiger partial charge is 0.469 e. The van der Waals surface area contributed by atoms with Crippen molar-refractivity contribution >= 4 is 27.7 Å². The van der Waals surface area contributed by atoms with Crippen molar-refractivity contribution in [3.8, 4) is 5.75 Å². The highest BCUT2D eigenvalue weighted by molar-refractivity contribution is 9.10. The first-order valence-corrected chi connectivity index (χ1v) is 6.17. The van der Waals surface area contributed by atoms with Gasteiger partial charge in [-0.1, -0.05) is 15.9 Å². The largest absolute Gasteiger partial charge is 0.573 e. The summed E-state index contributed by atoms with van der Waals surface area (Å²) in [5.41, 5.74) is -0.241. The van der Waals surface area contributed by atoms with Crippen LogP contribution in [0.3, 0.4) is 0 Å². The summed E-state index contributed by atoms with van der Waals surface area (Å²) in [7, 11) is 1.16. The highest BCUT2D eigenvalue weighted by atomic mass is 79.9. The van der Waals surface area contributed by atoms with Crippen molar-refractivity contribution < 1.29 is 32.2 Å². The van der Waals surface area contributed by atoms with E-state index in [1.165, 1.54) is 12.1 Å². The Morgan fingerprint density at radius 3 is 2.45 bits per heavy atom.